The molecule has 4 heteroatoms. The third kappa shape index (κ3) is 5.53. The van der Waals surface area contributed by atoms with Crippen molar-refractivity contribution in [3.63, 3.8) is 0 Å². The maximum atomic E-state index is 11.4. The summed E-state index contributed by atoms with van der Waals surface area (Å²) in [6.07, 6.45) is 3.04. The van der Waals surface area contributed by atoms with Crippen LogP contribution in [0.15, 0.2) is 12.7 Å². The Labute approximate surface area is 97.3 Å². The predicted octanol–water partition coefficient (Wildman–Crippen LogP) is 1.75. The highest BCUT2D eigenvalue weighted by Gasteiger charge is 2.18. The number of carbonyl (C=O) groups is 2. The maximum absolute atomic E-state index is 11.4. The summed E-state index contributed by atoms with van der Waals surface area (Å²) in [5.74, 6) is -0.611. The van der Waals surface area contributed by atoms with Crippen LogP contribution in [0.3, 0.4) is 0 Å². The van der Waals surface area contributed by atoms with Gasteiger partial charge >= 0.3 is 5.97 Å². The van der Waals surface area contributed by atoms with E-state index in [1.165, 1.54) is 11.0 Å². The van der Waals surface area contributed by atoms with E-state index in [1.807, 2.05) is 20.8 Å². The van der Waals surface area contributed by atoms with Crippen molar-refractivity contribution in [2.45, 2.75) is 39.7 Å². The molecule has 0 radical (unpaired) electrons. The summed E-state index contributed by atoms with van der Waals surface area (Å²) < 4.78 is 4.99. The molecular formula is C12H21NO3. The van der Waals surface area contributed by atoms with Crippen LogP contribution in [0.1, 0.15) is 33.6 Å². The van der Waals surface area contributed by atoms with Crippen molar-refractivity contribution in [2.75, 3.05) is 13.2 Å². The van der Waals surface area contributed by atoms with E-state index < -0.39 is 0 Å². The highest BCUT2D eigenvalue weighted by molar-refractivity contribution is 5.90. The van der Waals surface area contributed by atoms with Crippen LogP contribution in [0.4, 0.5) is 0 Å². The Bertz CT molecular complexity index is 249. The lowest BCUT2D eigenvalue weighted by atomic mass is 10.3. The number of rotatable bonds is 7. The molecule has 0 rings (SSSR count). The van der Waals surface area contributed by atoms with Gasteiger partial charge in [-0.05, 0) is 26.3 Å². The molecule has 0 aliphatic heterocycles. The Morgan fingerprint density at radius 1 is 1.44 bits per heavy atom. The summed E-state index contributed by atoms with van der Waals surface area (Å²) in [6.45, 7) is 9.53. The molecule has 0 atom stereocenters. The van der Waals surface area contributed by atoms with E-state index in [2.05, 4.69) is 6.58 Å². The Balaban J connectivity index is 4.14. The molecule has 92 valence electrons. The zero-order valence-electron chi connectivity index (χ0n) is 10.4. The smallest absolute Gasteiger partial charge is 0.325 e. The van der Waals surface area contributed by atoms with Crippen molar-refractivity contribution in [1.82, 2.24) is 4.90 Å². The normalized spacial score (nSPS) is 10.0. The Kier molecular flexibility index (Phi) is 7.25. The standard InChI is InChI=1S/C12H21NO3/c1-5-7-8-16-12(15)9-13(10(3)4)11(14)6-2/h6,10H,2,5,7-9H2,1,3-4H3. The van der Waals surface area contributed by atoms with Gasteiger partial charge in [0.05, 0.1) is 6.61 Å². The molecule has 0 N–H and O–H groups in total. The molecular weight excluding hydrogens is 206 g/mol. The average Bonchev–Trinajstić information content (AvgIpc) is 2.25. The van der Waals surface area contributed by atoms with Gasteiger partial charge in [-0.25, -0.2) is 0 Å². The number of ether oxygens (including phenoxy) is 1. The van der Waals surface area contributed by atoms with Gasteiger partial charge < -0.3 is 9.64 Å². The molecule has 0 aromatic heterocycles. The summed E-state index contributed by atoms with van der Waals surface area (Å²) in [5.41, 5.74) is 0. The number of carbonyl (C=O) groups excluding carboxylic acids is 2. The molecule has 0 aliphatic rings. The highest BCUT2D eigenvalue weighted by atomic mass is 16.5. The first-order chi connectivity index (χ1) is 7.52. The Morgan fingerprint density at radius 2 is 2.06 bits per heavy atom. The van der Waals surface area contributed by atoms with Crippen LogP contribution in [0.25, 0.3) is 0 Å². The van der Waals surface area contributed by atoms with E-state index in [1.54, 1.807) is 0 Å². The molecule has 0 saturated carbocycles. The quantitative estimate of drug-likeness (QED) is 0.378. The first kappa shape index (κ1) is 14.7. The topological polar surface area (TPSA) is 46.6 Å². The summed E-state index contributed by atoms with van der Waals surface area (Å²) in [4.78, 5) is 24.3. The number of esters is 1. The molecule has 0 saturated heterocycles. The zero-order chi connectivity index (χ0) is 12.6. The second-order valence-electron chi connectivity index (χ2n) is 3.84. The van der Waals surface area contributed by atoms with Gasteiger partial charge in [-0.3, -0.25) is 9.59 Å². The minimum Gasteiger partial charge on any atom is -0.464 e. The third-order valence-corrected chi connectivity index (χ3v) is 2.14. The van der Waals surface area contributed by atoms with Crippen molar-refractivity contribution in [1.29, 1.82) is 0 Å². The average molecular weight is 227 g/mol. The third-order valence-electron chi connectivity index (χ3n) is 2.14. The fraction of sp³-hybridized carbons (Fsp3) is 0.667. The van der Waals surface area contributed by atoms with Crippen molar-refractivity contribution in [3.8, 4) is 0 Å². The lowest BCUT2D eigenvalue weighted by Gasteiger charge is -2.24. The maximum Gasteiger partial charge on any atom is 0.325 e. The van der Waals surface area contributed by atoms with Crippen LogP contribution >= 0.6 is 0 Å². The monoisotopic (exact) mass is 227 g/mol. The lowest BCUT2D eigenvalue weighted by Crippen LogP contribution is -2.40. The fourth-order valence-corrected chi connectivity index (χ4v) is 1.15. The predicted molar refractivity (Wildman–Crippen MR) is 62.9 cm³/mol. The van der Waals surface area contributed by atoms with Crippen molar-refractivity contribution in [3.05, 3.63) is 12.7 Å². The molecule has 1 amide bonds. The van der Waals surface area contributed by atoms with Crippen LogP contribution in [-0.2, 0) is 14.3 Å². The lowest BCUT2D eigenvalue weighted by molar-refractivity contribution is -0.149. The van der Waals surface area contributed by atoms with Gasteiger partial charge in [-0.1, -0.05) is 19.9 Å². The van der Waals surface area contributed by atoms with Gasteiger partial charge in [0.1, 0.15) is 6.54 Å². The number of hydrogen-bond donors (Lipinski definition) is 0. The van der Waals surface area contributed by atoms with E-state index in [4.69, 9.17) is 4.74 Å². The van der Waals surface area contributed by atoms with Gasteiger partial charge in [0.15, 0.2) is 0 Å². The van der Waals surface area contributed by atoms with E-state index in [0.29, 0.717) is 6.61 Å². The summed E-state index contributed by atoms with van der Waals surface area (Å²) >= 11 is 0. The molecule has 4 nitrogen and oxygen atoms in total. The van der Waals surface area contributed by atoms with E-state index in [0.717, 1.165) is 12.8 Å². The molecule has 0 aromatic rings. The summed E-state index contributed by atoms with van der Waals surface area (Å²) in [6, 6.07) is -0.0378. The van der Waals surface area contributed by atoms with Gasteiger partial charge in [0.25, 0.3) is 0 Å². The minimum absolute atomic E-state index is 0.00770. The van der Waals surface area contributed by atoms with Crippen LogP contribution < -0.4 is 0 Å². The Hall–Kier alpha value is -1.32. The number of nitrogens with zero attached hydrogens (tertiary/aromatic N) is 1. The van der Waals surface area contributed by atoms with Crippen molar-refractivity contribution < 1.29 is 14.3 Å². The van der Waals surface area contributed by atoms with E-state index >= 15 is 0 Å². The summed E-state index contributed by atoms with van der Waals surface area (Å²) in [7, 11) is 0. The van der Waals surface area contributed by atoms with Crippen LogP contribution in [0.2, 0.25) is 0 Å². The second kappa shape index (κ2) is 7.91. The van der Waals surface area contributed by atoms with E-state index in [9.17, 15) is 9.59 Å². The van der Waals surface area contributed by atoms with E-state index in [-0.39, 0.29) is 24.5 Å². The zero-order valence-corrected chi connectivity index (χ0v) is 10.4. The second-order valence-corrected chi connectivity index (χ2v) is 3.84. The fourth-order valence-electron chi connectivity index (χ4n) is 1.15. The highest BCUT2D eigenvalue weighted by Crippen LogP contribution is 2.01. The molecule has 0 heterocycles. The molecule has 0 spiro atoms. The molecule has 0 fully saturated rings. The first-order valence-electron chi connectivity index (χ1n) is 5.61. The molecule has 0 unspecified atom stereocenters. The van der Waals surface area contributed by atoms with Crippen molar-refractivity contribution in [2.24, 2.45) is 0 Å². The van der Waals surface area contributed by atoms with Gasteiger partial charge in [-0.2, -0.15) is 0 Å². The number of unbranched alkanes of at least 4 members (excludes halogenated alkanes) is 1. The molecule has 0 bridgehead atoms. The minimum atomic E-state index is -0.364. The molecule has 0 aromatic carbocycles. The van der Waals surface area contributed by atoms with Crippen LogP contribution in [-0.4, -0.2) is 36.0 Å². The number of hydrogen-bond acceptors (Lipinski definition) is 3. The first-order valence-corrected chi connectivity index (χ1v) is 5.61. The van der Waals surface area contributed by atoms with Crippen LogP contribution in [0.5, 0.6) is 0 Å². The van der Waals surface area contributed by atoms with Gasteiger partial charge in [0.2, 0.25) is 5.91 Å². The number of amides is 1. The largest absolute Gasteiger partial charge is 0.464 e. The molecule has 0 aliphatic carbocycles. The van der Waals surface area contributed by atoms with Gasteiger partial charge in [-0.15, -0.1) is 0 Å². The molecule has 16 heavy (non-hydrogen) atoms. The summed E-state index contributed by atoms with van der Waals surface area (Å²) in [5, 5.41) is 0. The van der Waals surface area contributed by atoms with Gasteiger partial charge in [0, 0.05) is 6.04 Å². The van der Waals surface area contributed by atoms with Crippen LogP contribution in [0, 0.1) is 0 Å². The SMILES string of the molecule is C=CC(=O)N(CC(=O)OCCCC)C(C)C. The Morgan fingerprint density at radius 3 is 2.50 bits per heavy atom. The van der Waals surface area contributed by atoms with Crippen molar-refractivity contribution >= 4 is 11.9 Å².